The Bertz CT molecular complexity index is 740. The lowest BCUT2D eigenvalue weighted by molar-refractivity contribution is 0.136. The van der Waals surface area contributed by atoms with Gasteiger partial charge in [-0.1, -0.05) is 42.5 Å². The molecule has 0 aliphatic carbocycles. The van der Waals surface area contributed by atoms with Crippen molar-refractivity contribution in [1.82, 2.24) is 5.32 Å². The Morgan fingerprint density at radius 3 is 2.58 bits per heavy atom. The van der Waals surface area contributed by atoms with Gasteiger partial charge in [0.1, 0.15) is 12.4 Å². The van der Waals surface area contributed by atoms with E-state index < -0.39 is 25.3 Å². The molecule has 24 heavy (non-hydrogen) atoms. The second-order valence-electron chi connectivity index (χ2n) is 4.91. The zero-order valence-corrected chi connectivity index (χ0v) is 13.8. The molecule has 6 nitrogen and oxygen atoms in total. The first kappa shape index (κ1) is 18.1. The summed E-state index contributed by atoms with van der Waals surface area (Å²) in [6.45, 7) is -0.00867. The van der Waals surface area contributed by atoms with Crippen molar-refractivity contribution < 1.29 is 27.9 Å². The quantitative estimate of drug-likeness (QED) is 0.776. The fourth-order valence-corrected chi connectivity index (χ4v) is 3.03. The van der Waals surface area contributed by atoms with Gasteiger partial charge in [-0.25, -0.2) is 9.18 Å². The highest BCUT2D eigenvalue weighted by atomic mass is 31.2. The normalized spacial score (nSPS) is 14.5. The van der Waals surface area contributed by atoms with Crippen LogP contribution in [0.4, 0.5) is 9.18 Å². The standard InChI is InChI=1S/C16H17FNO5P/c1-22-24(20,21)15(13-8-5-9-14(17)10-13)18-16(19)23-11-12-6-3-2-4-7-12/h2-10,15H,11H2,1H3,(H,18,19)(H,20,21). The number of alkyl carbamates (subject to hydrolysis) is 1. The summed E-state index contributed by atoms with van der Waals surface area (Å²) in [6.07, 6.45) is -0.917. The Hall–Kier alpha value is -2.21. The van der Waals surface area contributed by atoms with Crippen LogP contribution in [0.1, 0.15) is 16.9 Å². The molecule has 2 rings (SSSR count). The number of ether oxygens (including phenoxy) is 1. The van der Waals surface area contributed by atoms with Gasteiger partial charge in [-0.2, -0.15) is 0 Å². The monoisotopic (exact) mass is 353 g/mol. The van der Waals surface area contributed by atoms with E-state index in [9.17, 15) is 18.6 Å². The van der Waals surface area contributed by atoms with Gasteiger partial charge in [-0.15, -0.1) is 0 Å². The summed E-state index contributed by atoms with van der Waals surface area (Å²) < 4.78 is 35.1. The predicted molar refractivity (Wildman–Crippen MR) is 85.7 cm³/mol. The maximum Gasteiger partial charge on any atom is 0.408 e. The summed E-state index contributed by atoms with van der Waals surface area (Å²) in [7, 11) is -3.22. The topological polar surface area (TPSA) is 84.9 Å². The average Bonchev–Trinajstić information content (AvgIpc) is 2.58. The van der Waals surface area contributed by atoms with Gasteiger partial charge in [0, 0.05) is 7.11 Å². The minimum Gasteiger partial charge on any atom is -0.445 e. The van der Waals surface area contributed by atoms with Crippen LogP contribution in [0.15, 0.2) is 54.6 Å². The maximum atomic E-state index is 13.4. The third-order valence-electron chi connectivity index (χ3n) is 3.22. The van der Waals surface area contributed by atoms with Gasteiger partial charge in [0.2, 0.25) is 0 Å². The number of amides is 1. The van der Waals surface area contributed by atoms with E-state index in [0.717, 1.165) is 18.7 Å². The van der Waals surface area contributed by atoms with Gasteiger partial charge in [0.15, 0.2) is 5.78 Å². The summed E-state index contributed by atoms with van der Waals surface area (Å²) in [5, 5.41) is 2.26. The molecular weight excluding hydrogens is 336 g/mol. The summed E-state index contributed by atoms with van der Waals surface area (Å²) in [5.41, 5.74) is 0.855. The van der Waals surface area contributed by atoms with E-state index in [4.69, 9.17) is 4.74 Å². The van der Waals surface area contributed by atoms with Crippen molar-refractivity contribution in [2.45, 2.75) is 12.4 Å². The molecule has 0 aliphatic heterocycles. The number of benzene rings is 2. The number of hydrogen-bond acceptors (Lipinski definition) is 4. The number of rotatable bonds is 6. The van der Waals surface area contributed by atoms with E-state index in [1.54, 1.807) is 24.3 Å². The minimum atomic E-state index is -4.25. The van der Waals surface area contributed by atoms with E-state index in [0.29, 0.717) is 0 Å². The first-order chi connectivity index (χ1) is 11.4. The van der Waals surface area contributed by atoms with Crippen molar-refractivity contribution in [3.05, 3.63) is 71.5 Å². The average molecular weight is 353 g/mol. The Morgan fingerprint density at radius 1 is 1.25 bits per heavy atom. The van der Waals surface area contributed by atoms with Crippen LogP contribution < -0.4 is 5.32 Å². The maximum absolute atomic E-state index is 13.4. The molecule has 0 radical (unpaired) electrons. The highest BCUT2D eigenvalue weighted by Gasteiger charge is 2.35. The fraction of sp³-hybridized carbons (Fsp3) is 0.188. The molecule has 2 aromatic rings. The number of carbonyl (C=O) groups excluding carboxylic acids is 1. The van der Waals surface area contributed by atoms with Gasteiger partial charge in [0.05, 0.1) is 0 Å². The van der Waals surface area contributed by atoms with Gasteiger partial charge in [-0.3, -0.25) is 4.57 Å². The largest absolute Gasteiger partial charge is 0.445 e. The predicted octanol–water partition coefficient (Wildman–Crippen LogP) is 3.58. The third-order valence-corrected chi connectivity index (χ3v) is 4.82. The Balaban J connectivity index is 2.11. The van der Waals surface area contributed by atoms with Crippen LogP contribution in [0.2, 0.25) is 0 Å². The van der Waals surface area contributed by atoms with Crippen molar-refractivity contribution in [2.24, 2.45) is 0 Å². The lowest BCUT2D eigenvalue weighted by Gasteiger charge is -2.22. The zero-order valence-electron chi connectivity index (χ0n) is 12.9. The van der Waals surface area contributed by atoms with Crippen molar-refractivity contribution in [3.63, 3.8) is 0 Å². The second-order valence-corrected chi connectivity index (χ2v) is 6.92. The molecule has 0 bridgehead atoms. The SMILES string of the molecule is COP(=O)(O)C(NC(=O)OCc1ccccc1)c1cccc(F)c1. The Kier molecular flexibility index (Phi) is 6.09. The number of nitrogens with one attached hydrogen (secondary N) is 1. The molecule has 0 spiro atoms. The summed E-state index contributed by atoms with van der Waals surface area (Å²) in [4.78, 5) is 21.8. The molecule has 1 amide bonds. The first-order valence-electron chi connectivity index (χ1n) is 7.03. The van der Waals surface area contributed by atoms with Crippen LogP contribution in [0, 0.1) is 5.82 Å². The van der Waals surface area contributed by atoms with Crippen LogP contribution >= 0.6 is 7.60 Å². The molecule has 2 aromatic carbocycles. The molecule has 2 unspecified atom stereocenters. The molecule has 8 heteroatoms. The molecule has 128 valence electrons. The van der Waals surface area contributed by atoms with Crippen LogP contribution in [0.25, 0.3) is 0 Å². The van der Waals surface area contributed by atoms with Crippen molar-refractivity contribution in [1.29, 1.82) is 0 Å². The molecule has 0 aromatic heterocycles. The zero-order chi connectivity index (χ0) is 17.6. The van der Waals surface area contributed by atoms with Crippen LogP contribution in [-0.4, -0.2) is 18.1 Å². The summed E-state index contributed by atoms with van der Waals surface area (Å²) in [5.74, 6) is -2.05. The van der Waals surface area contributed by atoms with Crippen molar-refractivity contribution in [2.75, 3.05) is 7.11 Å². The van der Waals surface area contributed by atoms with Crippen molar-refractivity contribution >= 4 is 13.7 Å². The molecule has 0 saturated carbocycles. The molecule has 0 saturated heterocycles. The lowest BCUT2D eigenvalue weighted by atomic mass is 10.2. The summed E-state index contributed by atoms with van der Waals surface area (Å²) in [6, 6.07) is 13.9. The fourth-order valence-electron chi connectivity index (χ4n) is 2.01. The molecule has 0 fully saturated rings. The Labute approximate surface area is 138 Å². The molecule has 2 N–H and O–H groups in total. The van der Waals surface area contributed by atoms with E-state index >= 15 is 0 Å². The Morgan fingerprint density at radius 2 is 1.96 bits per heavy atom. The van der Waals surface area contributed by atoms with Gasteiger partial charge >= 0.3 is 13.7 Å². The van der Waals surface area contributed by atoms with Crippen molar-refractivity contribution in [3.8, 4) is 0 Å². The highest BCUT2D eigenvalue weighted by molar-refractivity contribution is 7.53. The van der Waals surface area contributed by atoms with E-state index in [1.807, 2.05) is 6.07 Å². The molecule has 0 aliphatic rings. The molecule has 2 atom stereocenters. The van der Waals surface area contributed by atoms with Gasteiger partial charge < -0.3 is 19.5 Å². The number of halogens is 1. The van der Waals surface area contributed by atoms with Crippen LogP contribution in [-0.2, 0) is 20.4 Å². The minimum absolute atomic E-state index is 0.00867. The number of hydrogen-bond donors (Lipinski definition) is 2. The highest BCUT2D eigenvalue weighted by Crippen LogP contribution is 2.54. The first-order valence-corrected chi connectivity index (χ1v) is 8.68. The van der Waals surface area contributed by atoms with E-state index in [1.165, 1.54) is 18.2 Å². The second kappa shape index (κ2) is 8.06. The van der Waals surface area contributed by atoms with E-state index in [2.05, 4.69) is 9.84 Å². The van der Waals surface area contributed by atoms with Gasteiger partial charge in [0.25, 0.3) is 0 Å². The number of carbonyl (C=O) groups is 1. The van der Waals surface area contributed by atoms with E-state index in [-0.39, 0.29) is 12.2 Å². The van der Waals surface area contributed by atoms with Crippen LogP contribution in [0.3, 0.4) is 0 Å². The van der Waals surface area contributed by atoms with Crippen LogP contribution in [0.5, 0.6) is 0 Å². The smallest absolute Gasteiger partial charge is 0.408 e. The molecular formula is C16H17FNO5P. The molecule has 0 heterocycles. The lowest BCUT2D eigenvalue weighted by Crippen LogP contribution is -2.29. The summed E-state index contributed by atoms with van der Waals surface area (Å²) >= 11 is 0. The third kappa shape index (κ3) is 4.89. The van der Waals surface area contributed by atoms with Gasteiger partial charge in [-0.05, 0) is 23.3 Å².